The lowest BCUT2D eigenvalue weighted by molar-refractivity contribution is 0.587. The van der Waals surface area contributed by atoms with Gasteiger partial charge in [0.15, 0.2) is 0 Å². The lowest BCUT2D eigenvalue weighted by Gasteiger charge is -1.94. The number of tetrazole rings is 1. The number of nitrogens with zero attached hydrogens (tertiary/aromatic N) is 4. The predicted octanol–water partition coefficient (Wildman–Crippen LogP) is 0.00482. The van der Waals surface area contributed by atoms with Crippen molar-refractivity contribution in [1.29, 1.82) is 0 Å². The summed E-state index contributed by atoms with van der Waals surface area (Å²) in [6.07, 6.45) is 5.74. The van der Waals surface area contributed by atoms with Crippen LogP contribution in [0.25, 0.3) is 0 Å². The van der Waals surface area contributed by atoms with Gasteiger partial charge in [-0.3, -0.25) is 0 Å². The highest BCUT2D eigenvalue weighted by atomic mass is 15.5. The van der Waals surface area contributed by atoms with Gasteiger partial charge in [0, 0.05) is 6.42 Å². The van der Waals surface area contributed by atoms with Crippen LogP contribution in [0, 0.1) is 19.3 Å². The van der Waals surface area contributed by atoms with E-state index < -0.39 is 0 Å². The Morgan fingerprint density at radius 1 is 1.70 bits per heavy atom. The predicted molar refractivity (Wildman–Crippen MR) is 36.0 cm³/mol. The van der Waals surface area contributed by atoms with Gasteiger partial charge in [0.05, 0.1) is 6.54 Å². The first-order valence-corrected chi connectivity index (χ1v) is 3.01. The molecule has 1 aromatic rings. The molecule has 0 saturated carbocycles. The van der Waals surface area contributed by atoms with Gasteiger partial charge in [-0.05, 0) is 17.4 Å². The zero-order chi connectivity index (χ0) is 7.40. The van der Waals surface area contributed by atoms with E-state index in [1.54, 1.807) is 4.68 Å². The van der Waals surface area contributed by atoms with Gasteiger partial charge in [-0.2, -0.15) is 0 Å². The lowest BCUT2D eigenvalue weighted by atomic mass is 10.4. The van der Waals surface area contributed by atoms with Gasteiger partial charge in [0.1, 0.15) is 5.82 Å². The second-order valence-corrected chi connectivity index (χ2v) is 1.90. The molecule has 4 heteroatoms. The number of terminal acetylenes is 1. The van der Waals surface area contributed by atoms with Crippen molar-refractivity contribution in [2.24, 2.45) is 0 Å². The first-order chi connectivity index (χ1) is 4.84. The molecule has 0 unspecified atom stereocenters. The zero-order valence-electron chi connectivity index (χ0n) is 5.78. The molecule has 0 aliphatic heterocycles. The van der Waals surface area contributed by atoms with Crippen LogP contribution in [0.1, 0.15) is 12.2 Å². The fourth-order valence-electron chi connectivity index (χ4n) is 0.626. The van der Waals surface area contributed by atoms with Crippen molar-refractivity contribution in [2.75, 3.05) is 0 Å². The van der Waals surface area contributed by atoms with E-state index in [4.69, 9.17) is 6.42 Å². The Morgan fingerprint density at radius 2 is 2.50 bits per heavy atom. The average molecular weight is 136 g/mol. The largest absolute Gasteiger partial charge is 0.229 e. The van der Waals surface area contributed by atoms with Crippen LogP contribution in [-0.2, 0) is 6.54 Å². The van der Waals surface area contributed by atoms with E-state index in [1.165, 1.54) is 0 Å². The van der Waals surface area contributed by atoms with Crippen molar-refractivity contribution >= 4 is 0 Å². The molecule has 0 radical (unpaired) electrons. The third-order valence-corrected chi connectivity index (χ3v) is 1.18. The van der Waals surface area contributed by atoms with Crippen LogP contribution in [0.4, 0.5) is 0 Å². The highest BCUT2D eigenvalue weighted by molar-refractivity contribution is 4.84. The van der Waals surface area contributed by atoms with Gasteiger partial charge < -0.3 is 0 Å². The van der Waals surface area contributed by atoms with Crippen molar-refractivity contribution < 1.29 is 0 Å². The smallest absolute Gasteiger partial charge is 0.148 e. The molecule has 0 aromatic carbocycles. The Kier molecular flexibility index (Phi) is 2.00. The van der Waals surface area contributed by atoms with Gasteiger partial charge >= 0.3 is 0 Å². The SMILES string of the molecule is C#CCCn1nnnc1C. The first kappa shape index (κ1) is 6.75. The molecule has 1 aromatic heterocycles. The molecule has 0 saturated heterocycles. The van der Waals surface area contributed by atoms with E-state index in [2.05, 4.69) is 21.4 Å². The quantitative estimate of drug-likeness (QED) is 0.538. The maximum atomic E-state index is 5.06. The third kappa shape index (κ3) is 1.32. The minimum Gasteiger partial charge on any atom is -0.229 e. The molecule has 1 heterocycles. The zero-order valence-corrected chi connectivity index (χ0v) is 5.78. The number of rotatable bonds is 2. The maximum absolute atomic E-state index is 5.06. The molecule has 0 bridgehead atoms. The summed E-state index contributed by atoms with van der Waals surface area (Å²) in [5, 5.41) is 10.9. The summed E-state index contributed by atoms with van der Waals surface area (Å²) in [5.41, 5.74) is 0. The second-order valence-electron chi connectivity index (χ2n) is 1.90. The number of hydrogen-bond donors (Lipinski definition) is 0. The summed E-state index contributed by atoms with van der Waals surface area (Å²) in [6, 6.07) is 0. The maximum Gasteiger partial charge on any atom is 0.148 e. The minimum atomic E-state index is 0.672. The van der Waals surface area contributed by atoms with Crippen molar-refractivity contribution in [2.45, 2.75) is 19.9 Å². The average Bonchev–Trinajstić information content (AvgIpc) is 2.31. The highest BCUT2D eigenvalue weighted by Gasteiger charge is 1.95. The number of hydrogen-bond acceptors (Lipinski definition) is 3. The molecule has 52 valence electrons. The van der Waals surface area contributed by atoms with Gasteiger partial charge in [-0.1, -0.05) is 0 Å². The van der Waals surface area contributed by atoms with E-state index in [9.17, 15) is 0 Å². The van der Waals surface area contributed by atoms with E-state index in [0.717, 1.165) is 5.82 Å². The molecule has 0 atom stereocenters. The Bertz CT molecular complexity index is 244. The Hall–Kier alpha value is -1.37. The normalized spacial score (nSPS) is 9.20. The lowest BCUT2D eigenvalue weighted by Crippen LogP contribution is -2.01. The Labute approximate surface area is 59.2 Å². The van der Waals surface area contributed by atoms with Gasteiger partial charge in [-0.25, -0.2) is 4.68 Å². The minimum absolute atomic E-state index is 0.672. The van der Waals surface area contributed by atoms with E-state index in [1.807, 2.05) is 6.92 Å². The van der Waals surface area contributed by atoms with Crippen LogP contribution in [0.5, 0.6) is 0 Å². The second kappa shape index (κ2) is 2.97. The molecular formula is C6H8N4. The Morgan fingerprint density at radius 3 is 3.00 bits per heavy atom. The highest BCUT2D eigenvalue weighted by Crippen LogP contribution is 1.89. The molecule has 1 rings (SSSR count). The molecule has 4 nitrogen and oxygen atoms in total. The van der Waals surface area contributed by atoms with Crippen molar-refractivity contribution in [1.82, 2.24) is 20.2 Å². The summed E-state index contributed by atoms with van der Waals surface area (Å²) >= 11 is 0. The van der Waals surface area contributed by atoms with Gasteiger partial charge in [0.2, 0.25) is 0 Å². The van der Waals surface area contributed by atoms with Gasteiger partial charge in [-0.15, -0.1) is 17.4 Å². The number of aromatic nitrogens is 4. The summed E-state index contributed by atoms with van der Waals surface area (Å²) in [6.45, 7) is 2.55. The molecule has 0 aliphatic rings. The van der Waals surface area contributed by atoms with E-state index >= 15 is 0 Å². The van der Waals surface area contributed by atoms with Crippen LogP contribution >= 0.6 is 0 Å². The molecule has 0 amide bonds. The summed E-state index contributed by atoms with van der Waals surface area (Å²) in [5.74, 6) is 3.32. The van der Waals surface area contributed by atoms with Crippen molar-refractivity contribution in [3.05, 3.63) is 5.82 Å². The third-order valence-electron chi connectivity index (χ3n) is 1.18. The molecule has 0 fully saturated rings. The molecule has 0 N–H and O–H groups in total. The molecular weight excluding hydrogens is 128 g/mol. The fourth-order valence-corrected chi connectivity index (χ4v) is 0.626. The van der Waals surface area contributed by atoms with E-state index in [-0.39, 0.29) is 0 Å². The van der Waals surface area contributed by atoms with Crippen LogP contribution in [0.15, 0.2) is 0 Å². The topological polar surface area (TPSA) is 43.6 Å². The van der Waals surface area contributed by atoms with Crippen LogP contribution in [0.2, 0.25) is 0 Å². The number of aryl methyl sites for hydroxylation is 2. The monoisotopic (exact) mass is 136 g/mol. The molecule has 10 heavy (non-hydrogen) atoms. The van der Waals surface area contributed by atoms with Gasteiger partial charge in [0.25, 0.3) is 0 Å². The summed E-state index contributed by atoms with van der Waals surface area (Å²) in [4.78, 5) is 0. The van der Waals surface area contributed by atoms with Crippen LogP contribution in [0.3, 0.4) is 0 Å². The molecule has 0 spiro atoms. The molecule has 0 aliphatic carbocycles. The standard InChI is InChI=1S/C6H8N4/c1-3-4-5-10-6(2)7-8-9-10/h1H,4-5H2,2H3. The van der Waals surface area contributed by atoms with Crippen LogP contribution < -0.4 is 0 Å². The van der Waals surface area contributed by atoms with Crippen molar-refractivity contribution in [3.63, 3.8) is 0 Å². The first-order valence-electron chi connectivity index (χ1n) is 3.01. The van der Waals surface area contributed by atoms with E-state index in [0.29, 0.717) is 13.0 Å². The summed E-state index contributed by atoms with van der Waals surface area (Å²) < 4.78 is 1.68. The fraction of sp³-hybridized carbons (Fsp3) is 0.500. The Balaban J connectivity index is 2.59. The van der Waals surface area contributed by atoms with Crippen molar-refractivity contribution in [3.8, 4) is 12.3 Å². The van der Waals surface area contributed by atoms with Crippen LogP contribution in [-0.4, -0.2) is 20.2 Å². The summed E-state index contributed by atoms with van der Waals surface area (Å²) in [7, 11) is 0.